The van der Waals surface area contributed by atoms with E-state index in [2.05, 4.69) is 4.74 Å². The maximum Gasteiger partial charge on any atom is 0.434 e. The lowest BCUT2D eigenvalue weighted by Crippen LogP contribution is -2.45. The molecule has 94 valence electrons. The predicted octanol–water partition coefficient (Wildman–Crippen LogP) is 2.48. The van der Waals surface area contributed by atoms with Gasteiger partial charge in [0.1, 0.15) is 0 Å². The first-order valence-electron chi connectivity index (χ1n) is 3.66. The summed E-state index contributed by atoms with van der Waals surface area (Å²) in [5.41, 5.74) is 0. The second kappa shape index (κ2) is 4.62. The molecule has 16 heavy (non-hydrogen) atoms. The van der Waals surface area contributed by atoms with Crippen molar-refractivity contribution in [2.45, 2.75) is 25.4 Å². The van der Waals surface area contributed by atoms with E-state index in [1.807, 2.05) is 0 Å². The molecular weight excluding hydrogens is 246 g/mol. The van der Waals surface area contributed by atoms with Crippen molar-refractivity contribution in [3.63, 3.8) is 0 Å². The zero-order valence-electron chi connectivity index (χ0n) is 7.69. The van der Waals surface area contributed by atoms with Crippen molar-refractivity contribution < 1.29 is 41.0 Å². The van der Waals surface area contributed by atoms with Crippen molar-refractivity contribution in [2.24, 2.45) is 0 Å². The number of esters is 1. The molecule has 0 radical (unpaired) electrons. The Hall–Kier alpha value is -1.41. The molecule has 0 aliphatic rings. The van der Waals surface area contributed by atoms with Crippen molar-refractivity contribution >= 4 is 5.97 Å². The van der Waals surface area contributed by atoms with Gasteiger partial charge in [-0.3, -0.25) is 0 Å². The quantitative estimate of drug-likeness (QED) is 0.355. The number of carbonyl (C=O) groups excluding carboxylic acids is 1. The number of hydrogen-bond acceptors (Lipinski definition) is 3. The lowest BCUT2D eigenvalue weighted by molar-refractivity contribution is -0.312. The minimum atomic E-state index is -5.76. The molecule has 0 saturated carbocycles. The highest BCUT2D eigenvalue weighted by Gasteiger charge is 2.59. The second-order valence-corrected chi connectivity index (χ2v) is 2.69. The molecule has 0 aromatic rings. The van der Waals surface area contributed by atoms with E-state index < -0.39 is 30.2 Å². The van der Waals surface area contributed by atoms with Crippen LogP contribution in [0, 0.1) is 0 Å². The summed E-state index contributed by atoms with van der Waals surface area (Å²) >= 11 is 0. The summed E-state index contributed by atoms with van der Waals surface area (Å²) in [7, 11) is 0. The Morgan fingerprint density at radius 3 is 1.81 bits per heavy atom. The first kappa shape index (κ1) is 14.6. The van der Waals surface area contributed by atoms with Crippen molar-refractivity contribution in [2.75, 3.05) is 0 Å². The van der Waals surface area contributed by atoms with E-state index >= 15 is 0 Å². The maximum absolute atomic E-state index is 11.8. The van der Waals surface area contributed by atoms with E-state index in [0.717, 1.165) is 6.92 Å². The van der Waals surface area contributed by atoms with Gasteiger partial charge in [0.25, 0.3) is 6.10 Å². The van der Waals surface area contributed by atoms with Gasteiger partial charge >= 0.3 is 18.3 Å². The smallest absolute Gasteiger partial charge is 0.434 e. The van der Waals surface area contributed by atoms with Gasteiger partial charge in [0, 0.05) is 0 Å². The zero-order valence-corrected chi connectivity index (χ0v) is 7.69. The van der Waals surface area contributed by atoms with E-state index in [4.69, 9.17) is 5.11 Å². The zero-order chi connectivity index (χ0) is 13.1. The number of carbonyl (C=O) groups is 1. The molecule has 0 saturated heterocycles. The van der Waals surface area contributed by atoms with E-state index in [1.54, 1.807) is 0 Å². The molecule has 0 aliphatic heterocycles. The van der Waals surface area contributed by atoms with Crippen LogP contribution >= 0.6 is 0 Å². The van der Waals surface area contributed by atoms with E-state index in [9.17, 15) is 31.1 Å². The van der Waals surface area contributed by atoms with Gasteiger partial charge in [0.2, 0.25) is 0 Å². The first-order valence-corrected chi connectivity index (χ1v) is 3.66. The number of aliphatic hydroxyl groups is 1. The summed E-state index contributed by atoms with van der Waals surface area (Å²) < 4.78 is 74.2. The fraction of sp³-hybridized carbons (Fsp3) is 0.571. The van der Waals surface area contributed by atoms with E-state index in [1.165, 1.54) is 0 Å². The van der Waals surface area contributed by atoms with Gasteiger partial charge in [-0.05, 0) is 6.92 Å². The first-order chi connectivity index (χ1) is 6.94. The third kappa shape index (κ3) is 4.89. The van der Waals surface area contributed by atoms with Crippen molar-refractivity contribution in [1.29, 1.82) is 0 Å². The van der Waals surface area contributed by atoms with Crippen LogP contribution in [-0.4, -0.2) is 29.5 Å². The molecule has 0 fully saturated rings. The molecule has 0 atom stereocenters. The fourth-order valence-corrected chi connectivity index (χ4v) is 0.640. The van der Waals surface area contributed by atoms with Crippen molar-refractivity contribution in [3.05, 3.63) is 11.8 Å². The lowest BCUT2D eigenvalue weighted by atomic mass is 10.3. The Balaban J connectivity index is 4.85. The summed E-state index contributed by atoms with van der Waals surface area (Å²) in [6, 6.07) is 0. The molecule has 0 bridgehead atoms. The molecule has 1 N–H and O–H groups in total. The van der Waals surface area contributed by atoms with Gasteiger partial charge in [-0.25, -0.2) is 4.79 Å². The highest BCUT2D eigenvalue weighted by molar-refractivity contribution is 5.82. The summed E-state index contributed by atoms with van der Waals surface area (Å²) in [5, 5.41) is 8.44. The molecule has 9 heteroatoms. The van der Waals surface area contributed by atoms with Gasteiger partial charge in [0.15, 0.2) is 0 Å². The molecule has 0 rings (SSSR count). The largest absolute Gasteiger partial charge is 0.512 e. The molecule has 0 aromatic carbocycles. The van der Waals surface area contributed by atoms with Crippen LogP contribution in [0.2, 0.25) is 0 Å². The number of allylic oxidation sites excluding steroid dienone is 1. The van der Waals surface area contributed by atoms with Gasteiger partial charge in [0.05, 0.1) is 11.8 Å². The summed E-state index contributed by atoms with van der Waals surface area (Å²) in [6.45, 7) is 0.886. The van der Waals surface area contributed by atoms with Crippen LogP contribution in [0.25, 0.3) is 0 Å². The fourth-order valence-electron chi connectivity index (χ4n) is 0.640. The van der Waals surface area contributed by atoms with Crippen molar-refractivity contribution in [3.8, 4) is 0 Å². The van der Waals surface area contributed by atoms with Gasteiger partial charge in [-0.15, -0.1) is 0 Å². The normalized spacial score (nSPS) is 14.1. The third-order valence-corrected chi connectivity index (χ3v) is 1.16. The van der Waals surface area contributed by atoms with Crippen LogP contribution < -0.4 is 0 Å². The number of halogens is 6. The van der Waals surface area contributed by atoms with Crippen LogP contribution in [0.15, 0.2) is 11.8 Å². The Morgan fingerprint density at radius 1 is 1.19 bits per heavy atom. The average molecular weight is 252 g/mol. The standard InChI is InChI=1S/C7H6F6O3/c1-3(14)2-4(15)16-5(6(8,9)10)7(11,12)13/h2,5,14H,1H3. The Bertz CT molecular complexity index is 271. The van der Waals surface area contributed by atoms with Crippen LogP contribution in [-0.2, 0) is 9.53 Å². The number of rotatable bonds is 2. The minimum absolute atomic E-state index is 0.102. The third-order valence-electron chi connectivity index (χ3n) is 1.16. The second-order valence-electron chi connectivity index (χ2n) is 2.69. The molecular formula is C7H6F6O3. The molecule has 0 aliphatic carbocycles. The van der Waals surface area contributed by atoms with E-state index in [0.29, 0.717) is 0 Å². The van der Waals surface area contributed by atoms with Crippen LogP contribution in [0.1, 0.15) is 6.92 Å². The monoisotopic (exact) mass is 252 g/mol. The van der Waals surface area contributed by atoms with Gasteiger partial charge in [-0.2, -0.15) is 26.3 Å². The predicted molar refractivity (Wildman–Crippen MR) is 38.4 cm³/mol. The molecule has 0 amide bonds. The Morgan fingerprint density at radius 2 is 1.56 bits per heavy atom. The molecule has 0 heterocycles. The average Bonchev–Trinajstić information content (AvgIpc) is 1.94. The summed E-state index contributed by atoms with van der Waals surface area (Å²) in [6.07, 6.45) is -15.6. The van der Waals surface area contributed by atoms with Crippen molar-refractivity contribution in [1.82, 2.24) is 0 Å². The lowest BCUT2D eigenvalue weighted by Gasteiger charge is -2.22. The summed E-state index contributed by atoms with van der Waals surface area (Å²) in [5.74, 6) is -2.70. The van der Waals surface area contributed by atoms with Gasteiger partial charge < -0.3 is 9.84 Å². The number of hydrogen-bond donors (Lipinski definition) is 1. The Kier molecular flexibility index (Phi) is 4.21. The highest BCUT2D eigenvalue weighted by Crippen LogP contribution is 2.35. The molecule has 0 spiro atoms. The molecule has 0 unspecified atom stereocenters. The van der Waals surface area contributed by atoms with E-state index in [-0.39, 0.29) is 6.08 Å². The highest BCUT2D eigenvalue weighted by atomic mass is 19.4. The van der Waals surface area contributed by atoms with Gasteiger partial charge in [-0.1, -0.05) is 0 Å². The SMILES string of the molecule is CC(O)=CC(=O)OC(C(F)(F)F)C(F)(F)F. The number of aliphatic hydroxyl groups excluding tert-OH is 1. The summed E-state index contributed by atoms with van der Waals surface area (Å²) in [4.78, 5) is 10.5. The number of ether oxygens (including phenoxy) is 1. The molecule has 0 aromatic heterocycles. The molecule has 3 nitrogen and oxygen atoms in total. The van der Waals surface area contributed by atoms with Crippen LogP contribution in [0.3, 0.4) is 0 Å². The maximum atomic E-state index is 11.8. The van der Waals surface area contributed by atoms with Crippen LogP contribution in [0.5, 0.6) is 0 Å². The minimum Gasteiger partial charge on any atom is -0.512 e. The number of alkyl halides is 6. The van der Waals surface area contributed by atoms with Crippen LogP contribution in [0.4, 0.5) is 26.3 Å². The Labute approximate surface area is 85.3 Å². The topological polar surface area (TPSA) is 46.5 Å².